The Balaban J connectivity index is 2.21. The molecule has 2 N–H and O–H groups in total. The highest BCUT2D eigenvalue weighted by molar-refractivity contribution is 5.95. The summed E-state index contributed by atoms with van der Waals surface area (Å²) in [5.74, 6) is -0.279. The second-order valence-corrected chi connectivity index (χ2v) is 5.70. The molecule has 1 aliphatic carbocycles. The van der Waals surface area contributed by atoms with Gasteiger partial charge in [-0.2, -0.15) is 0 Å². The summed E-state index contributed by atoms with van der Waals surface area (Å²) in [7, 11) is 3.19. The number of nitro benzene ring substituents is 1. The van der Waals surface area contributed by atoms with E-state index in [0.717, 1.165) is 12.8 Å². The van der Waals surface area contributed by atoms with Crippen molar-refractivity contribution in [3.63, 3.8) is 0 Å². The molecule has 0 atom stereocenters. The molecule has 1 saturated carbocycles. The number of anilines is 1. The van der Waals surface area contributed by atoms with Gasteiger partial charge in [-0.05, 0) is 25.0 Å². The third-order valence-corrected chi connectivity index (χ3v) is 3.79. The molecule has 0 aromatic heterocycles. The smallest absolute Gasteiger partial charge is 0.293 e. The minimum Gasteiger partial charge on any atom is -0.396 e. The summed E-state index contributed by atoms with van der Waals surface area (Å²) in [5, 5.41) is 23.5. The number of aliphatic hydroxyl groups is 1. The minimum absolute atomic E-state index is 0.0744. The van der Waals surface area contributed by atoms with Crippen LogP contribution < -0.4 is 5.32 Å². The first kappa shape index (κ1) is 15.2. The maximum atomic E-state index is 11.9. The fourth-order valence-corrected chi connectivity index (χ4v) is 2.07. The van der Waals surface area contributed by atoms with Crippen molar-refractivity contribution in [2.75, 3.05) is 32.6 Å². The highest BCUT2D eigenvalue weighted by Crippen LogP contribution is 2.45. The molecule has 7 heteroatoms. The number of carbonyl (C=O) groups is 1. The summed E-state index contributed by atoms with van der Waals surface area (Å²) in [6, 6.07) is 4.39. The first-order valence-corrected chi connectivity index (χ1v) is 6.73. The molecule has 114 valence electrons. The van der Waals surface area contributed by atoms with E-state index in [0.29, 0.717) is 12.2 Å². The van der Waals surface area contributed by atoms with E-state index in [4.69, 9.17) is 0 Å². The van der Waals surface area contributed by atoms with Crippen LogP contribution in [-0.2, 0) is 0 Å². The molecule has 0 heterocycles. The Kier molecular flexibility index (Phi) is 4.13. The molecule has 7 nitrogen and oxygen atoms in total. The molecule has 1 aromatic rings. The van der Waals surface area contributed by atoms with Gasteiger partial charge in [0.2, 0.25) is 0 Å². The quantitative estimate of drug-likeness (QED) is 0.612. The SMILES string of the molecule is CN(C)C(=O)c1ccc(NCC2(CO)CC2)c([N+](=O)[O-])c1. The molecular formula is C14H19N3O4. The molecular weight excluding hydrogens is 274 g/mol. The number of nitro groups is 1. The van der Waals surface area contributed by atoms with Crippen LogP contribution in [0.5, 0.6) is 0 Å². The van der Waals surface area contributed by atoms with Gasteiger partial charge < -0.3 is 15.3 Å². The number of rotatable bonds is 6. The zero-order valence-electron chi connectivity index (χ0n) is 12.1. The van der Waals surface area contributed by atoms with Gasteiger partial charge in [0, 0.05) is 37.7 Å². The zero-order valence-corrected chi connectivity index (χ0v) is 12.1. The maximum Gasteiger partial charge on any atom is 0.293 e. The van der Waals surface area contributed by atoms with E-state index >= 15 is 0 Å². The summed E-state index contributed by atoms with van der Waals surface area (Å²) in [6.45, 7) is 0.566. The van der Waals surface area contributed by atoms with E-state index in [1.807, 2.05) is 0 Å². The van der Waals surface area contributed by atoms with Crippen molar-refractivity contribution in [3.05, 3.63) is 33.9 Å². The minimum atomic E-state index is -0.507. The van der Waals surface area contributed by atoms with Crippen molar-refractivity contribution >= 4 is 17.3 Å². The van der Waals surface area contributed by atoms with Crippen LogP contribution in [0.25, 0.3) is 0 Å². The van der Waals surface area contributed by atoms with Gasteiger partial charge in [0.25, 0.3) is 11.6 Å². The van der Waals surface area contributed by atoms with Gasteiger partial charge in [-0.3, -0.25) is 14.9 Å². The summed E-state index contributed by atoms with van der Waals surface area (Å²) in [5.41, 5.74) is 0.374. The lowest BCUT2D eigenvalue weighted by Gasteiger charge is -2.15. The van der Waals surface area contributed by atoms with Crippen LogP contribution in [0.4, 0.5) is 11.4 Å². The molecule has 0 radical (unpaired) electrons. The number of hydrogen-bond donors (Lipinski definition) is 2. The Labute approximate surface area is 122 Å². The molecule has 0 aliphatic heterocycles. The molecule has 1 amide bonds. The number of nitrogens with one attached hydrogen (secondary N) is 1. The Bertz CT molecular complexity index is 567. The predicted molar refractivity (Wildman–Crippen MR) is 78.4 cm³/mol. The molecule has 2 rings (SSSR count). The molecule has 21 heavy (non-hydrogen) atoms. The van der Waals surface area contributed by atoms with Crippen molar-refractivity contribution in [1.29, 1.82) is 0 Å². The predicted octanol–water partition coefficient (Wildman–Crippen LogP) is 1.48. The molecule has 1 aliphatic rings. The van der Waals surface area contributed by atoms with Gasteiger partial charge in [0.15, 0.2) is 0 Å². The number of benzene rings is 1. The van der Waals surface area contributed by atoms with Crippen LogP contribution in [-0.4, -0.2) is 48.1 Å². The average molecular weight is 293 g/mol. The van der Waals surface area contributed by atoms with Crippen LogP contribution in [0.1, 0.15) is 23.2 Å². The van der Waals surface area contributed by atoms with E-state index < -0.39 is 4.92 Å². The van der Waals surface area contributed by atoms with Gasteiger partial charge >= 0.3 is 0 Å². The van der Waals surface area contributed by atoms with E-state index in [9.17, 15) is 20.0 Å². The van der Waals surface area contributed by atoms with Crippen molar-refractivity contribution in [2.24, 2.45) is 5.41 Å². The van der Waals surface area contributed by atoms with Crippen LogP contribution in [0.15, 0.2) is 18.2 Å². The number of nitrogens with zero attached hydrogens (tertiary/aromatic N) is 2. The highest BCUT2D eigenvalue weighted by atomic mass is 16.6. The lowest BCUT2D eigenvalue weighted by atomic mass is 10.1. The number of amides is 1. The van der Waals surface area contributed by atoms with Crippen molar-refractivity contribution in [3.8, 4) is 0 Å². The van der Waals surface area contributed by atoms with E-state index in [-0.39, 0.29) is 29.2 Å². The maximum absolute atomic E-state index is 11.9. The third-order valence-electron chi connectivity index (χ3n) is 3.79. The van der Waals surface area contributed by atoms with Gasteiger partial charge in [0.1, 0.15) is 5.69 Å². The van der Waals surface area contributed by atoms with Crippen LogP contribution >= 0.6 is 0 Å². The third kappa shape index (κ3) is 3.30. The summed E-state index contributed by atoms with van der Waals surface area (Å²) >= 11 is 0. The Morgan fingerprint density at radius 1 is 1.48 bits per heavy atom. The summed E-state index contributed by atoms with van der Waals surface area (Å²) < 4.78 is 0. The fourth-order valence-electron chi connectivity index (χ4n) is 2.07. The lowest BCUT2D eigenvalue weighted by Crippen LogP contribution is -2.22. The van der Waals surface area contributed by atoms with Crippen molar-refractivity contribution in [1.82, 2.24) is 4.90 Å². The Morgan fingerprint density at radius 3 is 2.62 bits per heavy atom. The van der Waals surface area contributed by atoms with Crippen molar-refractivity contribution < 1.29 is 14.8 Å². The van der Waals surface area contributed by atoms with E-state index in [1.54, 1.807) is 26.2 Å². The van der Waals surface area contributed by atoms with Crippen molar-refractivity contribution in [2.45, 2.75) is 12.8 Å². The zero-order chi connectivity index (χ0) is 15.6. The summed E-state index contributed by atoms with van der Waals surface area (Å²) in [4.78, 5) is 23.9. The number of hydrogen-bond acceptors (Lipinski definition) is 5. The second-order valence-electron chi connectivity index (χ2n) is 5.70. The van der Waals surface area contributed by atoms with Gasteiger partial charge in [-0.15, -0.1) is 0 Å². The largest absolute Gasteiger partial charge is 0.396 e. The molecule has 1 fully saturated rings. The lowest BCUT2D eigenvalue weighted by molar-refractivity contribution is -0.384. The second kappa shape index (κ2) is 5.69. The first-order chi connectivity index (χ1) is 9.88. The topological polar surface area (TPSA) is 95.7 Å². The molecule has 0 unspecified atom stereocenters. The van der Waals surface area contributed by atoms with Crippen LogP contribution in [0.2, 0.25) is 0 Å². The van der Waals surface area contributed by atoms with Crippen LogP contribution in [0, 0.1) is 15.5 Å². The molecule has 0 bridgehead atoms. The van der Waals surface area contributed by atoms with E-state index in [2.05, 4.69) is 5.32 Å². The van der Waals surface area contributed by atoms with E-state index in [1.165, 1.54) is 11.0 Å². The number of carbonyl (C=O) groups excluding carboxylic acids is 1. The number of aliphatic hydroxyl groups excluding tert-OH is 1. The van der Waals surface area contributed by atoms with Gasteiger partial charge in [-0.25, -0.2) is 0 Å². The standard InChI is InChI=1S/C14H19N3O4/c1-16(2)13(19)10-3-4-11(12(7-10)17(20)21)15-8-14(9-18)5-6-14/h3-4,7,15,18H,5-6,8-9H2,1-2H3. The normalized spacial score (nSPS) is 15.4. The molecule has 1 aromatic carbocycles. The van der Waals surface area contributed by atoms with Crippen LogP contribution in [0.3, 0.4) is 0 Å². The fraction of sp³-hybridized carbons (Fsp3) is 0.500. The molecule has 0 spiro atoms. The Hall–Kier alpha value is -2.15. The molecule has 0 saturated heterocycles. The summed E-state index contributed by atoms with van der Waals surface area (Å²) in [6.07, 6.45) is 1.84. The average Bonchev–Trinajstić information content (AvgIpc) is 3.24. The first-order valence-electron chi connectivity index (χ1n) is 6.73. The van der Waals surface area contributed by atoms with Gasteiger partial charge in [-0.1, -0.05) is 0 Å². The van der Waals surface area contributed by atoms with Gasteiger partial charge in [0.05, 0.1) is 11.5 Å². The highest BCUT2D eigenvalue weighted by Gasteiger charge is 2.42. The monoisotopic (exact) mass is 293 g/mol. The Morgan fingerprint density at radius 2 is 2.14 bits per heavy atom.